The zero-order valence-corrected chi connectivity index (χ0v) is 17.8. The number of ether oxygens (including phenoxy) is 1. The second kappa shape index (κ2) is 12.2. The summed E-state index contributed by atoms with van der Waals surface area (Å²) < 4.78 is 4.83. The highest BCUT2D eigenvalue weighted by Gasteiger charge is 2.29. The average Bonchev–Trinajstić information content (AvgIpc) is 2.78. The highest BCUT2D eigenvalue weighted by molar-refractivity contribution is 5.93. The molecule has 0 aliphatic heterocycles. The Kier molecular flexibility index (Phi) is 9.37. The summed E-state index contributed by atoms with van der Waals surface area (Å²) in [4.78, 5) is 48.9. The number of esters is 1. The molecule has 170 valence electrons. The lowest BCUT2D eigenvalue weighted by Gasteiger charge is -2.23. The van der Waals surface area contributed by atoms with Crippen LogP contribution in [0.15, 0.2) is 60.7 Å². The monoisotopic (exact) mass is 440 g/mol. The zero-order valence-electron chi connectivity index (χ0n) is 17.8. The first-order valence-electron chi connectivity index (χ1n) is 10.1. The molecule has 0 bridgehead atoms. The summed E-state index contributed by atoms with van der Waals surface area (Å²) in [6.07, 6.45) is 0.0116. The summed E-state index contributed by atoms with van der Waals surface area (Å²) in [5.41, 5.74) is 12.4. The molecule has 2 aromatic carbocycles. The molecule has 2 aromatic rings. The predicted molar refractivity (Wildman–Crippen MR) is 118 cm³/mol. The van der Waals surface area contributed by atoms with Gasteiger partial charge in [0, 0.05) is 12.8 Å². The van der Waals surface area contributed by atoms with Crippen molar-refractivity contribution in [2.45, 2.75) is 37.4 Å². The van der Waals surface area contributed by atoms with Crippen LogP contribution in [0.4, 0.5) is 0 Å². The van der Waals surface area contributed by atoms with Crippen molar-refractivity contribution < 1.29 is 23.9 Å². The van der Waals surface area contributed by atoms with Crippen LogP contribution >= 0.6 is 0 Å². The summed E-state index contributed by atoms with van der Waals surface area (Å²) in [6.45, 7) is 0. The van der Waals surface area contributed by atoms with Crippen LogP contribution in [0.3, 0.4) is 0 Å². The fraction of sp³-hybridized carbons (Fsp3) is 0.304. The molecule has 3 atom stereocenters. The van der Waals surface area contributed by atoms with Crippen LogP contribution in [0.5, 0.6) is 0 Å². The number of nitrogens with one attached hydrogen (secondary N) is 2. The van der Waals surface area contributed by atoms with Gasteiger partial charge in [-0.15, -0.1) is 0 Å². The number of benzene rings is 2. The van der Waals surface area contributed by atoms with E-state index in [1.807, 2.05) is 36.4 Å². The molecule has 9 heteroatoms. The number of primary amides is 1. The minimum absolute atomic E-state index is 0.154. The van der Waals surface area contributed by atoms with E-state index in [0.717, 1.165) is 11.1 Å². The molecule has 0 heterocycles. The van der Waals surface area contributed by atoms with Crippen LogP contribution in [0.1, 0.15) is 17.5 Å². The Labute approximate surface area is 186 Å². The van der Waals surface area contributed by atoms with Gasteiger partial charge in [0.05, 0.1) is 19.6 Å². The third kappa shape index (κ3) is 7.84. The molecule has 0 aliphatic carbocycles. The van der Waals surface area contributed by atoms with Crippen molar-refractivity contribution in [3.8, 4) is 0 Å². The fourth-order valence-electron chi connectivity index (χ4n) is 3.10. The van der Waals surface area contributed by atoms with Crippen LogP contribution < -0.4 is 22.1 Å². The molecule has 0 spiro atoms. The second-order valence-electron chi connectivity index (χ2n) is 7.30. The van der Waals surface area contributed by atoms with Crippen molar-refractivity contribution in [2.24, 2.45) is 11.5 Å². The highest BCUT2D eigenvalue weighted by atomic mass is 16.5. The molecule has 3 amide bonds. The van der Waals surface area contributed by atoms with Crippen molar-refractivity contribution in [3.05, 3.63) is 71.8 Å². The first kappa shape index (κ1) is 24.5. The Hall–Kier alpha value is -3.72. The van der Waals surface area contributed by atoms with Crippen molar-refractivity contribution in [1.82, 2.24) is 10.6 Å². The number of hydrogen-bond donors (Lipinski definition) is 4. The van der Waals surface area contributed by atoms with Crippen molar-refractivity contribution in [2.75, 3.05) is 7.11 Å². The SMILES string of the molecule is COC(=O)[C@@H](Cc1ccccc1)NC(=O)[C@H](Cc1ccccc1)NC(=O)[C@H](N)CC(N)=O. The van der Waals surface area contributed by atoms with E-state index in [9.17, 15) is 19.2 Å². The third-order valence-corrected chi connectivity index (χ3v) is 4.76. The van der Waals surface area contributed by atoms with E-state index in [1.165, 1.54) is 7.11 Å². The molecule has 0 aliphatic rings. The smallest absolute Gasteiger partial charge is 0.328 e. The second-order valence-corrected chi connectivity index (χ2v) is 7.30. The van der Waals surface area contributed by atoms with Gasteiger partial charge in [0.1, 0.15) is 12.1 Å². The van der Waals surface area contributed by atoms with E-state index >= 15 is 0 Å². The molecule has 0 radical (unpaired) electrons. The van der Waals surface area contributed by atoms with E-state index < -0.39 is 41.8 Å². The third-order valence-electron chi connectivity index (χ3n) is 4.76. The van der Waals surface area contributed by atoms with Crippen LogP contribution in [-0.4, -0.2) is 48.9 Å². The van der Waals surface area contributed by atoms with Gasteiger partial charge in [0.2, 0.25) is 17.7 Å². The summed E-state index contributed by atoms with van der Waals surface area (Å²) in [7, 11) is 1.23. The lowest BCUT2D eigenvalue weighted by Crippen LogP contribution is -2.56. The van der Waals surface area contributed by atoms with Gasteiger partial charge in [0.15, 0.2) is 0 Å². The Morgan fingerprint density at radius 3 is 1.75 bits per heavy atom. The van der Waals surface area contributed by atoms with E-state index in [-0.39, 0.29) is 19.3 Å². The highest BCUT2D eigenvalue weighted by Crippen LogP contribution is 2.08. The van der Waals surface area contributed by atoms with Crippen molar-refractivity contribution in [3.63, 3.8) is 0 Å². The van der Waals surface area contributed by atoms with Gasteiger partial charge in [-0.05, 0) is 11.1 Å². The Morgan fingerprint density at radius 2 is 1.28 bits per heavy atom. The number of nitrogens with two attached hydrogens (primary N) is 2. The first-order chi connectivity index (χ1) is 15.3. The molecule has 0 aromatic heterocycles. The van der Waals surface area contributed by atoms with Gasteiger partial charge in [-0.2, -0.15) is 0 Å². The quantitative estimate of drug-likeness (QED) is 0.355. The molecule has 0 saturated carbocycles. The fourth-order valence-corrected chi connectivity index (χ4v) is 3.10. The molecule has 0 fully saturated rings. The average molecular weight is 441 g/mol. The summed E-state index contributed by atoms with van der Waals surface area (Å²) in [6, 6.07) is 15.0. The number of carbonyl (C=O) groups is 4. The van der Waals surface area contributed by atoms with E-state index in [4.69, 9.17) is 16.2 Å². The van der Waals surface area contributed by atoms with E-state index in [0.29, 0.717) is 0 Å². The van der Waals surface area contributed by atoms with Gasteiger partial charge in [0.25, 0.3) is 0 Å². The molecule has 0 unspecified atom stereocenters. The number of carbonyl (C=O) groups excluding carboxylic acids is 4. The lowest BCUT2D eigenvalue weighted by atomic mass is 10.0. The number of amides is 3. The maximum Gasteiger partial charge on any atom is 0.328 e. The van der Waals surface area contributed by atoms with E-state index in [1.54, 1.807) is 24.3 Å². The Balaban J connectivity index is 2.19. The lowest BCUT2D eigenvalue weighted by molar-refractivity contribution is -0.145. The maximum absolute atomic E-state index is 13.1. The first-order valence-corrected chi connectivity index (χ1v) is 10.1. The number of rotatable bonds is 11. The predicted octanol–water partition coefficient (Wildman–Crippen LogP) is -0.183. The largest absolute Gasteiger partial charge is 0.467 e. The van der Waals surface area contributed by atoms with Crippen LogP contribution in [-0.2, 0) is 36.8 Å². The van der Waals surface area contributed by atoms with Crippen LogP contribution in [0.25, 0.3) is 0 Å². The molecule has 0 saturated heterocycles. The van der Waals surface area contributed by atoms with Gasteiger partial charge in [-0.3, -0.25) is 14.4 Å². The standard InChI is InChI=1S/C23H28N4O5/c1-32-23(31)19(13-16-10-6-3-7-11-16)27-22(30)18(12-15-8-4-2-5-9-15)26-21(29)17(24)14-20(25)28/h2-11,17-19H,12-14,24H2,1H3,(H2,25,28)(H,26,29)(H,27,30)/t17-,18+,19-/m1/s1. The Bertz CT molecular complexity index is 920. The topological polar surface area (TPSA) is 154 Å². The molecule has 2 rings (SSSR count). The minimum atomic E-state index is -1.20. The van der Waals surface area contributed by atoms with Gasteiger partial charge in [-0.25, -0.2) is 4.79 Å². The van der Waals surface area contributed by atoms with Gasteiger partial charge < -0.3 is 26.8 Å². The summed E-state index contributed by atoms with van der Waals surface area (Å²) in [5, 5.41) is 5.22. The van der Waals surface area contributed by atoms with Gasteiger partial charge >= 0.3 is 5.97 Å². The molecular formula is C23H28N4O5. The van der Waals surface area contributed by atoms with Crippen molar-refractivity contribution in [1.29, 1.82) is 0 Å². The number of methoxy groups -OCH3 is 1. The molecule has 32 heavy (non-hydrogen) atoms. The van der Waals surface area contributed by atoms with E-state index in [2.05, 4.69) is 10.6 Å². The Morgan fingerprint density at radius 1 is 0.812 bits per heavy atom. The zero-order chi connectivity index (χ0) is 23.5. The van der Waals surface area contributed by atoms with Crippen LogP contribution in [0.2, 0.25) is 0 Å². The number of hydrogen-bond acceptors (Lipinski definition) is 6. The normalized spacial score (nSPS) is 13.3. The summed E-state index contributed by atoms with van der Waals surface area (Å²) in [5.74, 6) is -2.62. The van der Waals surface area contributed by atoms with Crippen LogP contribution in [0, 0.1) is 0 Å². The summed E-state index contributed by atoms with van der Waals surface area (Å²) >= 11 is 0. The minimum Gasteiger partial charge on any atom is -0.467 e. The van der Waals surface area contributed by atoms with Crippen molar-refractivity contribution >= 4 is 23.7 Å². The molecular weight excluding hydrogens is 412 g/mol. The van der Waals surface area contributed by atoms with Gasteiger partial charge in [-0.1, -0.05) is 60.7 Å². The molecule has 6 N–H and O–H groups in total. The molecule has 9 nitrogen and oxygen atoms in total. The maximum atomic E-state index is 13.1.